The summed E-state index contributed by atoms with van der Waals surface area (Å²) in [5.41, 5.74) is 6.33. The smallest absolute Gasteiger partial charge is 0.227 e. The van der Waals surface area contributed by atoms with Crippen LogP contribution in [0.1, 0.15) is 19.3 Å². The first-order chi connectivity index (χ1) is 10.6. The number of nitrogens with one attached hydrogen (secondary N) is 1. The fraction of sp³-hybridized carbons (Fsp3) is 0.562. The summed E-state index contributed by atoms with van der Waals surface area (Å²) in [4.78, 5) is 12.5. The van der Waals surface area contributed by atoms with Gasteiger partial charge in [-0.15, -0.1) is 12.4 Å². The van der Waals surface area contributed by atoms with Gasteiger partial charge in [0.2, 0.25) is 5.91 Å². The molecule has 6 nitrogen and oxygen atoms in total. The highest BCUT2D eigenvalue weighted by molar-refractivity contribution is 5.94. The molecule has 0 radical (unpaired) electrons. The maximum Gasteiger partial charge on any atom is 0.227 e. The first-order valence-corrected chi connectivity index (χ1v) is 7.45. The summed E-state index contributed by atoms with van der Waals surface area (Å²) in [6.07, 6.45) is 2.93. The minimum absolute atomic E-state index is 0. The van der Waals surface area contributed by atoms with Gasteiger partial charge in [0, 0.05) is 18.1 Å². The number of amides is 1. The topological polar surface area (TPSA) is 82.8 Å². The fourth-order valence-corrected chi connectivity index (χ4v) is 3.02. The van der Waals surface area contributed by atoms with Crippen LogP contribution in [-0.4, -0.2) is 33.8 Å². The molecule has 3 N–H and O–H groups in total. The van der Waals surface area contributed by atoms with E-state index in [-0.39, 0.29) is 30.2 Å². The molecule has 2 atom stereocenters. The van der Waals surface area contributed by atoms with Gasteiger partial charge in [-0.05, 0) is 25.3 Å². The number of carbonyl (C=O) groups excluding carboxylic acids is 1. The van der Waals surface area contributed by atoms with Crippen LogP contribution in [0.3, 0.4) is 0 Å². The Balaban J connectivity index is 0.00000264. The van der Waals surface area contributed by atoms with Crippen molar-refractivity contribution >= 4 is 24.0 Å². The average molecular weight is 345 g/mol. The predicted molar refractivity (Wildman–Crippen MR) is 91.9 cm³/mol. The number of rotatable bonds is 6. The number of hydrogen-bond acceptors (Lipinski definition) is 5. The molecule has 1 aliphatic rings. The monoisotopic (exact) mass is 344 g/mol. The lowest BCUT2D eigenvalue weighted by Crippen LogP contribution is -2.29. The van der Waals surface area contributed by atoms with E-state index < -0.39 is 0 Å². The number of carbonyl (C=O) groups is 1. The summed E-state index contributed by atoms with van der Waals surface area (Å²) in [5, 5.41) is 2.94. The molecule has 1 amide bonds. The van der Waals surface area contributed by atoms with Gasteiger partial charge in [0.05, 0.1) is 27.0 Å². The molecule has 0 unspecified atom stereocenters. The van der Waals surface area contributed by atoms with Crippen LogP contribution in [0, 0.1) is 11.8 Å². The molecule has 1 aromatic rings. The van der Waals surface area contributed by atoms with Crippen molar-refractivity contribution < 1.29 is 19.0 Å². The van der Waals surface area contributed by atoms with Gasteiger partial charge < -0.3 is 25.3 Å². The minimum atomic E-state index is -0.0391. The normalized spacial score (nSPS) is 19.7. The number of anilines is 1. The largest absolute Gasteiger partial charge is 0.494 e. The quantitative estimate of drug-likeness (QED) is 0.828. The SMILES string of the molecule is COc1cc(OC)c(OC)cc1NC(=O)[C@@H]1CCC[C@@H]1CN.Cl. The standard InChI is InChI=1S/C16H24N2O4.ClH/c1-20-13-8-15(22-3)14(21-2)7-12(13)18-16(19)11-6-4-5-10(11)9-17;/h7-8,10-11H,4-6,9,17H2,1-3H3,(H,18,19);1H/t10-,11-;/m1./s1. The van der Waals surface area contributed by atoms with Crippen molar-refractivity contribution in [2.45, 2.75) is 19.3 Å². The van der Waals surface area contributed by atoms with Gasteiger partial charge in [-0.3, -0.25) is 4.79 Å². The van der Waals surface area contributed by atoms with Gasteiger partial charge in [-0.25, -0.2) is 0 Å². The van der Waals surface area contributed by atoms with E-state index in [9.17, 15) is 4.79 Å². The maximum absolute atomic E-state index is 12.5. The lowest BCUT2D eigenvalue weighted by atomic mass is 9.95. The van der Waals surface area contributed by atoms with E-state index in [1.54, 1.807) is 33.5 Å². The predicted octanol–water partition coefficient (Wildman–Crippen LogP) is 2.45. The van der Waals surface area contributed by atoms with E-state index in [4.69, 9.17) is 19.9 Å². The zero-order valence-corrected chi connectivity index (χ0v) is 14.6. The number of methoxy groups -OCH3 is 3. The molecule has 1 aromatic carbocycles. The molecule has 130 valence electrons. The third-order valence-corrected chi connectivity index (χ3v) is 4.26. The Bertz CT molecular complexity index is 539. The van der Waals surface area contributed by atoms with Crippen molar-refractivity contribution in [3.8, 4) is 17.2 Å². The van der Waals surface area contributed by atoms with Gasteiger partial charge in [0.15, 0.2) is 11.5 Å². The second-order valence-electron chi connectivity index (χ2n) is 5.43. The first-order valence-electron chi connectivity index (χ1n) is 7.45. The lowest BCUT2D eigenvalue weighted by molar-refractivity contribution is -0.120. The van der Waals surface area contributed by atoms with Gasteiger partial charge >= 0.3 is 0 Å². The summed E-state index contributed by atoms with van der Waals surface area (Å²) in [6.45, 7) is 0.543. The Morgan fingerprint density at radius 2 is 1.74 bits per heavy atom. The van der Waals surface area contributed by atoms with Crippen LogP contribution < -0.4 is 25.3 Å². The van der Waals surface area contributed by atoms with Gasteiger partial charge in [-0.1, -0.05) is 6.42 Å². The Morgan fingerprint density at radius 3 is 2.30 bits per heavy atom. The van der Waals surface area contributed by atoms with Crippen LogP contribution in [0.15, 0.2) is 12.1 Å². The number of halogens is 1. The summed E-state index contributed by atoms with van der Waals surface area (Å²) in [5.74, 6) is 1.83. The van der Waals surface area contributed by atoms with Crippen LogP contribution in [-0.2, 0) is 4.79 Å². The zero-order valence-electron chi connectivity index (χ0n) is 13.8. The molecule has 1 fully saturated rings. The number of benzene rings is 1. The van der Waals surface area contributed by atoms with Crippen LogP contribution in [0.25, 0.3) is 0 Å². The molecule has 2 rings (SSSR count). The summed E-state index contributed by atoms with van der Waals surface area (Å²) >= 11 is 0. The molecule has 0 spiro atoms. The first kappa shape index (κ1) is 19.4. The molecule has 0 aromatic heterocycles. The highest BCUT2D eigenvalue weighted by atomic mass is 35.5. The zero-order chi connectivity index (χ0) is 16.1. The highest BCUT2D eigenvalue weighted by Crippen LogP contribution is 2.39. The van der Waals surface area contributed by atoms with Crippen LogP contribution in [0.4, 0.5) is 5.69 Å². The number of hydrogen-bond donors (Lipinski definition) is 2. The Kier molecular flexibility index (Phi) is 7.45. The molecule has 0 heterocycles. The third kappa shape index (κ3) is 4.20. The van der Waals surface area contributed by atoms with Crippen molar-refractivity contribution in [1.29, 1.82) is 0 Å². The second kappa shape index (κ2) is 8.84. The van der Waals surface area contributed by atoms with E-state index in [0.29, 0.717) is 29.5 Å². The van der Waals surface area contributed by atoms with Crippen LogP contribution in [0.2, 0.25) is 0 Å². The lowest BCUT2D eigenvalue weighted by Gasteiger charge is -2.19. The van der Waals surface area contributed by atoms with Crippen molar-refractivity contribution in [2.75, 3.05) is 33.2 Å². The molecule has 0 bridgehead atoms. The molecule has 7 heteroatoms. The van der Waals surface area contributed by atoms with Crippen molar-refractivity contribution in [2.24, 2.45) is 17.6 Å². The minimum Gasteiger partial charge on any atom is -0.494 e. The molecule has 0 saturated heterocycles. The molecule has 23 heavy (non-hydrogen) atoms. The van der Waals surface area contributed by atoms with Crippen molar-refractivity contribution in [3.63, 3.8) is 0 Å². The summed E-state index contributed by atoms with van der Waals surface area (Å²) in [6, 6.07) is 3.41. The molecule has 1 saturated carbocycles. The van der Waals surface area contributed by atoms with Crippen molar-refractivity contribution in [3.05, 3.63) is 12.1 Å². The highest BCUT2D eigenvalue weighted by Gasteiger charge is 2.32. The van der Waals surface area contributed by atoms with E-state index in [2.05, 4.69) is 5.32 Å². The molecule has 1 aliphatic carbocycles. The van der Waals surface area contributed by atoms with E-state index in [0.717, 1.165) is 19.3 Å². The van der Waals surface area contributed by atoms with Crippen LogP contribution in [0.5, 0.6) is 17.2 Å². The number of nitrogens with two attached hydrogens (primary N) is 1. The van der Waals surface area contributed by atoms with Gasteiger partial charge in [-0.2, -0.15) is 0 Å². The Morgan fingerprint density at radius 1 is 1.13 bits per heavy atom. The second-order valence-corrected chi connectivity index (χ2v) is 5.43. The van der Waals surface area contributed by atoms with E-state index in [1.807, 2.05) is 0 Å². The molecule has 0 aliphatic heterocycles. The Hall–Kier alpha value is -1.66. The molecular formula is C16H25ClN2O4. The van der Waals surface area contributed by atoms with Gasteiger partial charge in [0.25, 0.3) is 0 Å². The maximum atomic E-state index is 12.5. The Labute approximate surface area is 143 Å². The number of ether oxygens (including phenoxy) is 3. The average Bonchev–Trinajstić information content (AvgIpc) is 3.03. The third-order valence-electron chi connectivity index (χ3n) is 4.26. The van der Waals surface area contributed by atoms with E-state index in [1.165, 1.54) is 0 Å². The van der Waals surface area contributed by atoms with Crippen molar-refractivity contribution in [1.82, 2.24) is 0 Å². The van der Waals surface area contributed by atoms with E-state index >= 15 is 0 Å². The summed E-state index contributed by atoms with van der Waals surface area (Å²) in [7, 11) is 4.66. The van der Waals surface area contributed by atoms with Gasteiger partial charge in [0.1, 0.15) is 5.75 Å². The molecular weight excluding hydrogens is 320 g/mol. The summed E-state index contributed by atoms with van der Waals surface area (Å²) < 4.78 is 15.8. The fourth-order valence-electron chi connectivity index (χ4n) is 3.02. The van der Waals surface area contributed by atoms with Crippen LogP contribution >= 0.6 is 12.4 Å².